The Labute approximate surface area is 150 Å². The highest BCUT2D eigenvalue weighted by Crippen LogP contribution is 2.20. The van der Waals surface area contributed by atoms with E-state index < -0.39 is 5.97 Å². The molecule has 0 amide bonds. The number of ether oxygens (including phenoxy) is 1. The fourth-order valence-electron chi connectivity index (χ4n) is 2.90. The Balaban J connectivity index is 1.97. The van der Waals surface area contributed by atoms with Crippen LogP contribution in [0.3, 0.4) is 0 Å². The summed E-state index contributed by atoms with van der Waals surface area (Å²) < 4.78 is 8.21. The van der Waals surface area contributed by atoms with Crippen molar-refractivity contribution in [1.29, 1.82) is 0 Å². The standard InChI is InChI=1S/C19H22BrNO3/c1-12(2)21-13(3)9-17(14(21)4)18(22)11-24-19(23)10-15-5-7-16(20)8-6-15/h5-9,12H,10-11H2,1-4H3. The minimum atomic E-state index is -0.400. The van der Waals surface area contributed by atoms with Crippen LogP contribution in [0.4, 0.5) is 0 Å². The molecule has 128 valence electrons. The summed E-state index contributed by atoms with van der Waals surface area (Å²) in [6, 6.07) is 9.59. The topological polar surface area (TPSA) is 48.3 Å². The molecule has 0 aliphatic carbocycles. The van der Waals surface area contributed by atoms with Crippen LogP contribution in [-0.2, 0) is 16.0 Å². The molecule has 1 aromatic carbocycles. The van der Waals surface area contributed by atoms with E-state index in [-0.39, 0.29) is 24.9 Å². The number of aromatic nitrogens is 1. The quantitative estimate of drug-likeness (QED) is 0.540. The van der Waals surface area contributed by atoms with Gasteiger partial charge in [0.05, 0.1) is 6.42 Å². The Hall–Kier alpha value is -1.88. The van der Waals surface area contributed by atoms with Gasteiger partial charge in [-0.2, -0.15) is 0 Å². The van der Waals surface area contributed by atoms with E-state index in [2.05, 4.69) is 34.3 Å². The molecule has 0 unspecified atom stereocenters. The molecule has 1 heterocycles. The average Bonchev–Trinajstić information content (AvgIpc) is 2.82. The van der Waals surface area contributed by atoms with Gasteiger partial charge in [-0.15, -0.1) is 0 Å². The zero-order valence-electron chi connectivity index (χ0n) is 14.4. The van der Waals surface area contributed by atoms with Gasteiger partial charge in [-0.3, -0.25) is 9.59 Å². The van der Waals surface area contributed by atoms with Gasteiger partial charge in [-0.25, -0.2) is 0 Å². The number of hydrogen-bond donors (Lipinski definition) is 0. The number of nitrogens with zero attached hydrogens (tertiary/aromatic N) is 1. The van der Waals surface area contributed by atoms with Crippen molar-refractivity contribution in [2.24, 2.45) is 0 Å². The number of aryl methyl sites for hydroxylation is 1. The number of Topliss-reactive ketones (excluding diaryl/α,β-unsaturated/α-hetero) is 1. The molecule has 0 aliphatic rings. The van der Waals surface area contributed by atoms with Crippen LogP contribution in [0.1, 0.15) is 47.2 Å². The second-order valence-corrected chi connectivity index (χ2v) is 7.05. The van der Waals surface area contributed by atoms with Crippen LogP contribution in [0, 0.1) is 13.8 Å². The van der Waals surface area contributed by atoms with Crippen LogP contribution < -0.4 is 0 Å². The highest BCUT2D eigenvalue weighted by Gasteiger charge is 2.18. The lowest BCUT2D eigenvalue weighted by Crippen LogP contribution is -2.16. The van der Waals surface area contributed by atoms with Gasteiger partial charge in [0.2, 0.25) is 5.78 Å². The van der Waals surface area contributed by atoms with Gasteiger partial charge < -0.3 is 9.30 Å². The Morgan fingerprint density at radius 3 is 2.33 bits per heavy atom. The molecule has 0 fully saturated rings. The number of halogens is 1. The van der Waals surface area contributed by atoms with Crippen molar-refractivity contribution in [2.75, 3.05) is 6.61 Å². The summed E-state index contributed by atoms with van der Waals surface area (Å²) in [4.78, 5) is 24.3. The molecule has 4 nitrogen and oxygen atoms in total. The van der Waals surface area contributed by atoms with E-state index in [9.17, 15) is 9.59 Å². The molecule has 5 heteroatoms. The van der Waals surface area contributed by atoms with Gasteiger partial charge in [-0.1, -0.05) is 28.1 Å². The largest absolute Gasteiger partial charge is 0.457 e. The van der Waals surface area contributed by atoms with Gasteiger partial charge in [0.25, 0.3) is 0 Å². The van der Waals surface area contributed by atoms with Gasteiger partial charge in [0, 0.05) is 27.5 Å². The Bertz CT molecular complexity index is 745. The first-order valence-corrected chi connectivity index (χ1v) is 8.70. The summed E-state index contributed by atoms with van der Waals surface area (Å²) >= 11 is 3.35. The van der Waals surface area contributed by atoms with Gasteiger partial charge in [0.1, 0.15) is 0 Å². The fraction of sp³-hybridized carbons (Fsp3) is 0.368. The van der Waals surface area contributed by atoms with Crippen LogP contribution in [-0.4, -0.2) is 22.9 Å². The molecule has 1 aromatic heterocycles. The van der Waals surface area contributed by atoms with Gasteiger partial charge in [0.15, 0.2) is 6.61 Å². The van der Waals surface area contributed by atoms with E-state index in [1.165, 1.54) is 0 Å². The average molecular weight is 392 g/mol. The highest BCUT2D eigenvalue weighted by atomic mass is 79.9. The predicted octanol–water partition coefficient (Wildman–Crippen LogP) is 4.42. The van der Waals surface area contributed by atoms with Crippen molar-refractivity contribution < 1.29 is 14.3 Å². The Morgan fingerprint density at radius 2 is 1.79 bits per heavy atom. The number of esters is 1. The number of hydrogen-bond acceptors (Lipinski definition) is 3. The molecule has 0 aliphatic heterocycles. The maximum atomic E-state index is 12.4. The maximum Gasteiger partial charge on any atom is 0.310 e. The molecular weight excluding hydrogens is 370 g/mol. The maximum absolute atomic E-state index is 12.4. The Morgan fingerprint density at radius 1 is 1.17 bits per heavy atom. The van der Waals surface area contributed by atoms with E-state index in [4.69, 9.17) is 4.74 Å². The van der Waals surface area contributed by atoms with Gasteiger partial charge in [-0.05, 0) is 51.5 Å². The summed E-state index contributed by atoms with van der Waals surface area (Å²) in [6.45, 7) is 7.82. The van der Waals surface area contributed by atoms with E-state index >= 15 is 0 Å². The van der Waals surface area contributed by atoms with Crippen molar-refractivity contribution in [3.8, 4) is 0 Å². The minimum absolute atomic E-state index is 0.158. The molecule has 0 saturated carbocycles. The molecule has 24 heavy (non-hydrogen) atoms. The normalized spacial score (nSPS) is 10.9. The minimum Gasteiger partial charge on any atom is -0.457 e. The number of carbonyl (C=O) groups is 2. The zero-order valence-corrected chi connectivity index (χ0v) is 16.0. The SMILES string of the molecule is Cc1cc(C(=O)COC(=O)Cc2ccc(Br)cc2)c(C)n1C(C)C. The lowest BCUT2D eigenvalue weighted by molar-refractivity contribution is -0.141. The first kappa shape index (κ1) is 18.5. The third-order valence-corrected chi connectivity index (χ3v) is 4.46. The Kier molecular flexibility index (Phi) is 5.99. The number of benzene rings is 1. The van der Waals surface area contributed by atoms with Crippen LogP contribution in [0.25, 0.3) is 0 Å². The lowest BCUT2D eigenvalue weighted by atomic mass is 10.1. The molecule has 2 aromatic rings. The summed E-state index contributed by atoms with van der Waals surface area (Å²) in [5.41, 5.74) is 3.43. The van der Waals surface area contributed by atoms with E-state index in [0.29, 0.717) is 5.56 Å². The molecule has 0 atom stereocenters. The van der Waals surface area contributed by atoms with Crippen molar-refractivity contribution in [3.05, 3.63) is 57.3 Å². The first-order chi connectivity index (χ1) is 11.3. The molecule has 0 bridgehead atoms. The van der Waals surface area contributed by atoms with Crippen LogP contribution in [0.15, 0.2) is 34.8 Å². The zero-order chi connectivity index (χ0) is 17.9. The molecule has 0 radical (unpaired) electrons. The van der Waals surface area contributed by atoms with Crippen molar-refractivity contribution >= 4 is 27.7 Å². The second-order valence-electron chi connectivity index (χ2n) is 6.14. The second kappa shape index (κ2) is 7.79. The number of rotatable bonds is 6. The number of carbonyl (C=O) groups excluding carboxylic acids is 2. The summed E-state index contributed by atoms with van der Waals surface area (Å²) in [5.74, 6) is -0.567. The first-order valence-electron chi connectivity index (χ1n) is 7.91. The lowest BCUT2D eigenvalue weighted by Gasteiger charge is -2.13. The summed E-state index contributed by atoms with van der Waals surface area (Å²) in [5, 5.41) is 0. The molecule has 0 spiro atoms. The molecule has 0 N–H and O–H groups in total. The van der Waals surface area contributed by atoms with Crippen molar-refractivity contribution in [1.82, 2.24) is 4.57 Å². The molecule has 0 saturated heterocycles. The van der Waals surface area contributed by atoms with Crippen molar-refractivity contribution in [3.63, 3.8) is 0 Å². The van der Waals surface area contributed by atoms with Crippen LogP contribution >= 0.6 is 15.9 Å². The van der Waals surface area contributed by atoms with Crippen LogP contribution in [0.5, 0.6) is 0 Å². The van der Waals surface area contributed by atoms with Gasteiger partial charge >= 0.3 is 5.97 Å². The molecule has 2 rings (SSSR count). The van der Waals surface area contributed by atoms with E-state index in [1.54, 1.807) is 0 Å². The highest BCUT2D eigenvalue weighted by molar-refractivity contribution is 9.10. The molecular formula is C19H22BrNO3. The summed E-state index contributed by atoms with van der Waals surface area (Å²) in [6.07, 6.45) is 0.158. The monoisotopic (exact) mass is 391 g/mol. The number of ketones is 1. The fourth-order valence-corrected chi connectivity index (χ4v) is 3.16. The summed E-state index contributed by atoms with van der Waals surface area (Å²) in [7, 11) is 0. The van der Waals surface area contributed by atoms with Crippen LogP contribution in [0.2, 0.25) is 0 Å². The predicted molar refractivity (Wildman–Crippen MR) is 97.4 cm³/mol. The van der Waals surface area contributed by atoms with E-state index in [1.807, 2.05) is 44.2 Å². The van der Waals surface area contributed by atoms with Crippen molar-refractivity contribution in [2.45, 2.75) is 40.2 Å². The third kappa shape index (κ3) is 4.35. The smallest absolute Gasteiger partial charge is 0.310 e. The third-order valence-electron chi connectivity index (χ3n) is 3.93. The van der Waals surface area contributed by atoms with E-state index in [0.717, 1.165) is 21.4 Å².